The van der Waals surface area contributed by atoms with E-state index in [0.29, 0.717) is 24.0 Å². The number of para-hydroxylation sites is 1. The van der Waals surface area contributed by atoms with E-state index in [1.165, 1.54) is 17.2 Å². The van der Waals surface area contributed by atoms with Crippen molar-refractivity contribution >= 4 is 35.6 Å². The van der Waals surface area contributed by atoms with E-state index < -0.39 is 0 Å². The van der Waals surface area contributed by atoms with Crippen molar-refractivity contribution in [2.75, 3.05) is 19.7 Å². The molecule has 0 aliphatic carbocycles. The first-order valence-electron chi connectivity index (χ1n) is 10.5. The summed E-state index contributed by atoms with van der Waals surface area (Å²) in [6.07, 6.45) is 2.18. The van der Waals surface area contributed by atoms with Crippen molar-refractivity contribution in [3.8, 4) is 0 Å². The van der Waals surface area contributed by atoms with Gasteiger partial charge in [-0.15, -0.1) is 24.0 Å². The van der Waals surface area contributed by atoms with Crippen LogP contribution >= 0.6 is 24.0 Å². The number of hydrogen-bond donors (Lipinski definition) is 2. The molecule has 1 fully saturated rings. The molecule has 7 nitrogen and oxygen atoms in total. The lowest BCUT2D eigenvalue weighted by atomic mass is 9.89. The molecule has 0 bridgehead atoms. The monoisotopic (exact) mass is 538 g/mol. The third-order valence-electron chi connectivity index (χ3n) is 5.32. The van der Waals surface area contributed by atoms with Gasteiger partial charge in [-0.25, -0.2) is 4.99 Å². The lowest BCUT2D eigenvalue weighted by molar-refractivity contribution is -0.385. The van der Waals surface area contributed by atoms with Gasteiger partial charge in [0.25, 0.3) is 5.69 Å². The van der Waals surface area contributed by atoms with Crippen molar-refractivity contribution in [3.05, 3.63) is 75.3 Å². The molecule has 2 unspecified atom stereocenters. The Bertz CT molecular complexity index is 873. The number of guanidine groups is 1. The van der Waals surface area contributed by atoms with Crippen molar-refractivity contribution in [1.29, 1.82) is 0 Å². The minimum absolute atomic E-state index is 0. The molecule has 0 spiro atoms. The number of nitro groups is 1. The average molecular weight is 538 g/mol. The zero-order valence-corrected chi connectivity index (χ0v) is 20.4. The van der Waals surface area contributed by atoms with Gasteiger partial charge in [0.1, 0.15) is 0 Å². The van der Waals surface area contributed by atoms with Crippen LogP contribution in [0.5, 0.6) is 0 Å². The Morgan fingerprint density at radius 1 is 1.19 bits per heavy atom. The highest BCUT2D eigenvalue weighted by Crippen LogP contribution is 2.33. The zero-order valence-electron chi connectivity index (χ0n) is 18.0. The van der Waals surface area contributed by atoms with E-state index >= 15 is 0 Å². The molecule has 1 aliphatic heterocycles. The molecular weight excluding hydrogens is 507 g/mol. The molecular formula is C23H31IN4O3. The maximum absolute atomic E-state index is 11.2. The predicted octanol–water partition coefficient (Wildman–Crippen LogP) is 4.74. The molecule has 2 aromatic carbocycles. The van der Waals surface area contributed by atoms with Gasteiger partial charge in [-0.2, -0.15) is 0 Å². The van der Waals surface area contributed by atoms with E-state index in [2.05, 4.69) is 46.8 Å². The number of rotatable bonds is 7. The first kappa shape index (κ1) is 25.1. The fourth-order valence-corrected chi connectivity index (χ4v) is 3.73. The Hall–Kier alpha value is -2.20. The highest BCUT2D eigenvalue weighted by molar-refractivity contribution is 14.0. The summed E-state index contributed by atoms with van der Waals surface area (Å²) in [5, 5.41) is 17.9. The zero-order chi connectivity index (χ0) is 21.3. The van der Waals surface area contributed by atoms with E-state index in [1.807, 2.05) is 6.92 Å². The molecule has 2 atom stereocenters. The summed E-state index contributed by atoms with van der Waals surface area (Å²) < 4.78 is 6.10. The van der Waals surface area contributed by atoms with Crippen LogP contribution in [0.4, 0.5) is 5.69 Å². The number of aryl methyl sites for hydroxylation is 1. The minimum Gasteiger partial charge on any atom is -0.373 e. The normalized spacial score (nSPS) is 18.7. The topological polar surface area (TPSA) is 88.8 Å². The van der Waals surface area contributed by atoms with Crippen LogP contribution in [-0.2, 0) is 11.3 Å². The SMILES string of the molecule is CCNC(=NCc1ccccc1[N+](=O)[O-])NCC1CCCOC1c1ccc(C)cc1.I. The van der Waals surface area contributed by atoms with Gasteiger partial charge >= 0.3 is 0 Å². The second-order valence-corrected chi connectivity index (χ2v) is 7.57. The number of halogens is 1. The summed E-state index contributed by atoms with van der Waals surface area (Å²) in [5.74, 6) is 0.986. The van der Waals surface area contributed by atoms with Gasteiger partial charge < -0.3 is 15.4 Å². The summed E-state index contributed by atoms with van der Waals surface area (Å²) in [4.78, 5) is 15.4. The van der Waals surface area contributed by atoms with E-state index in [1.54, 1.807) is 18.2 Å². The van der Waals surface area contributed by atoms with Crippen LogP contribution in [-0.4, -0.2) is 30.6 Å². The largest absolute Gasteiger partial charge is 0.373 e. The summed E-state index contributed by atoms with van der Waals surface area (Å²) in [5.41, 5.74) is 3.13. The van der Waals surface area contributed by atoms with Crippen LogP contribution in [0.15, 0.2) is 53.5 Å². The Kier molecular flexibility index (Phi) is 10.2. The lowest BCUT2D eigenvalue weighted by Gasteiger charge is -2.32. The minimum atomic E-state index is -0.364. The van der Waals surface area contributed by atoms with E-state index in [9.17, 15) is 10.1 Å². The second-order valence-electron chi connectivity index (χ2n) is 7.57. The predicted molar refractivity (Wildman–Crippen MR) is 134 cm³/mol. The van der Waals surface area contributed by atoms with Gasteiger partial charge in [0.15, 0.2) is 5.96 Å². The van der Waals surface area contributed by atoms with Crippen molar-refractivity contribution in [2.24, 2.45) is 10.9 Å². The first-order chi connectivity index (χ1) is 14.6. The molecule has 1 aliphatic rings. The molecule has 3 rings (SSSR count). The van der Waals surface area contributed by atoms with Gasteiger partial charge in [0.05, 0.1) is 23.1 Å². The Morgan fingerprint density at radius 3 is 2.65 bits per heavy atom. The van der Waals surface area contributed by atoms with Crippen LogP contribution in [0.1, 0.15) is 42.6 Å². The number of nitrogens with zero attached hydrogens (tertiary/aromatic N) is 2. The van der Waals surface area contributed by atoms with Crippen LogP contribution in [0.3, 0.4) is 0 Å². The average Bonchev–Trinajstić information content (AvgIpc) is 2.76. The number of ether oxygens (including phenoxy) is 1. The fourth-order valence-electron chi connectivity index (χ4n) is 3.73. The summed E-state index contributed by atoms with van der Waals surface area (Å²) in [6, 6.07) is 15.3. The van der Waals surface area contributed by atoms with Crippen molar-refractivity contribution in [3.63, 3.8) is 0 Å². The molecule has 31 heavy (non-hydrogen) atoms. The highest BCUT2D eigenvalue weighted by atomic mass is 127. The standard InChI is InChI=1S/C23H30N4O3.HI/c1-3-24-23(25-15-19-7-4-5-9-21(19)27(28)29)26-16-20-8-6-14-30-22(20)18-12-10-17(2)11-13-18;/h4-5,7,9-13,20,22H,3,6,8,14-16H2,1-2H3,(H2,24,25,26);1H. The number of hydrogen-bond acceptors (Lipinski definition) is 4. The molecule has 2 N–H and O–H groups in total. The molecule has 2 aromatic rings. The van der Waals surface area contributed by atoms with Crippen LogP contribution in [0.25, 0.3) is 0 Å². The second kappa shape index (κ2) is 12.6. The van der Waals surface area contributed by atoms with Gasteiger partial charge in [0.2, 0.25) is 0 Å². The molecule has 1 saturated heterocycles. The number of benzene rings is 2. The number of nitro benzene ring substituents is 1. The van der Waals surface area contributed by atoms with E-state index in [0.717, 1.165) is 26.0 Å². The Labute approximate surface area is 200 Å². The van der Waals surface area contributed by atoms with Crippen molar-refractivity contribution in [2.45, 2.75) is 39.3 Å². The third-order valence-corrected chi connectivity index (χ3v) is 5.32. The molecule has 168 valence electrons. The van der Waals surface area contributed by atoms with Crippen LogP contribution in [0.2, 0.25) is 0 Å². The van der Waals surface area contributed by atoms with Crippen LogP contribution in [0, 0.1) is 23.0 Å². The van der Waals surface area contributed by atoms with Gasteiger partial charge in [-0.05, 0) is 32.3 Å². The maximum atomic E-state index is 11.2. The smallest absolute Gasteiger partial charge is 0.274 e. The summed E-state index contributed by atoms with van der Waals surface area (Å²) in [7, 11) is 0. The Morgan fingerprint density at radius 2 is 1.94 bits per heavy atom. The summed E-state index contributed by atoms with van der Waals surface area (Å²) in [6.45, 7) is 6.55. The summed E-state index contributed by atoms with van der Waals surface area (Å²) >= 11 is 0. The first-order valence-corrected chi connectivity index (χ1v) is 10.5. The molecule has 1 heterocycles. The van der Waals surface area contributed by atoms with Crippen molar-refractivity contribution < 1.29 is 9.66 Å². The third kappa shape index (κ3) is 7.17. The number of aliphatic imine (C=N–C) groups is 1. The van der Waals surface area contributed by atoms with E-state index in [-0.39, 0.29) is 47.2 Å². The van der Waals surface area contributed by atoms with Gasteiger partial charge in [-0.3, -0.25) is 10.1 Å². The Balaban J connectivity index is 0.00000341. The van der Waals surface area contributed by atoms with Gasteiger partial charge in [-0.1, -0.05) is 48.0 Å². The van der Waals surface area contributed by atoms with Crippen LogP contribution < -0.4 is 10.6 Å². The van der Waals surface area contributed by atoms with Crippen molar-refractivity contribution in [1.82, 2.24) is 10.6 Å². The molecule has 8 heteroatoms. The van der Waals surface area contributed by atoms with Gasteiger partial charge in [0, 0.05) is 31.7 Å². The molecule has 0 radical (unpaired) electrons. The highest BCUT2D eigenvalue weighted by Gasteiger charge is 2.27. The molecule has 0 amide bonds. The maximum Gasteiger partial charge on any atom is 0.274 e. The quantitative estimate of drug-likeness (QED) is 0.175. The lowest BCUT2D eigenvalue weighted by Crippen LogP contribution is -2.42. The fraction of sp³-hybridized carbons (Fsp3) is 0.435. The molecule has 0 saturated carbocycles. The molecule has 0 aromatic heterocycles. The van der Waals surface area contributed by atoms with E-state index in [4.69, 9.17) is 4.74 Å². The number of nitrogens with one attached hydrogen (secondary N) is 2.